The van der Waals surface area contributed by atoms with Crippen LogP contribution in [-0.4, -0.2) is 16.9 Å². The van der Waals surface area contributed by atoms with Crippen LogP contribution >= 0.6 is 0 Å². The number of carbonyl (C=O) groups is 1. The maximum absolute atomic E-state index is 11.4. The third kappa shape index (κ3) is 2.03. The Morgan fingerprint density at radius 3 is 2.31 bits per heavy atom. The highest BCUT2D eigenvalue weighted by molar-refractivity contribution is 6.03. The van der Waals surface area contributed by atoms with E-state index in [2.05, 4.69) is 0 Å². The molecule has 5 nitrogen and oxygen atoms in total. The molecule has 0 saturated heterocycles. The average Bonchev–Trinajstić information content (AvgIpc) is 2.17. The Morgan fingerprint density at radius 1 is 1.31 bits per heavy atom. The number of nitrogens with two attached hydrogens (primary N) is 2. The number of hydrogen-bond donors (Lipinski definition) is 3. The number of hydrogen-bond acceptors (Lipinski definition) is 3. The van der Waals surface area contributed by atoms with Gasteiger partial charge in [0.2, 0.25) is 5.96 Å². The van der Waals surface area contributed by atoms with E-state index in [1.54, 1.807) is 30.3 Å². The van der Waals surface area contributed by atoms with Gasteiger partial charge in [-0.15, -0.1) is 0 Å². The molecular weight excluding hydrogens is 168 g/mol. The summed E-state index contributed by atoms with van der Waals surface area (Å²) < 4.78 is 0. The van der Waals surface area contributed by atoms with E-state index in [0.29, 0.717) is 10.6 Å². The summed E-state index contributed by atoms with van der Waals surface area (Å²) in [5.74, 6) is 4.26. The summed E-state index contributed by atoms with van der Waals surface area (Å²) in [5, 5.41) is 7.53. The fourth-order valence-corrected chi connectivity index (χ4v) is 0.829. The molecule has 0 spiro atoms. The molecule has 0 aliphatic carbocycles. The SMILES string of the molecule is N=C(N)N(N)C(=O)c1ccccc1. The van der Waals surface area contributed by atoms with Crippen molar-refractivity contribution in [3.63, 3.8) is 0 Å². The molecular formula is C8H10N4O. The molecule has 0 fully saturated rings. The van der Waals surface area contributed by atoms with Gasteiger partial charge in [-0.3, -0.25) is 10.2 Å². The van der Waals surface area contributed by atoms with E-state index >= 15 is 0 Å². The number of nitrogens with zero attached hydrogens (tertiary/aromatic N) is 1. The zero-order chi connectivity index (χ0) is 9.84. The van der Waals surface area contributed by atoms with Crippen molar-refractivity contribution in [2.24, 2.45) is 11.6 Å². The molecule has 0 aromatic heterocycles. The molecule has 0 heterocycles. The number of benzene rings is 1. The lowest BCUT2D eigenvalue weighted by atomic mass is 10.2. The van der Waals surface area contributed by atoms with Crippen molar-refractivity contribution in [2.45, 2.75) is 0 Å². The highest BCUT2D eigenvalue weighted by Crippen LogP contribution is 2.00. The largest absolute Gasteiger partial charge is 0.369 e. The van der Waals surface area contributed by atoms with E-state index in [0.717, 1.165) is 0 Å². The number of guanidine groups is 1. The zero-order valence-corrected chi connectivity index (χ0v) is 6.90. The van der Waals surface area contributed by atoms with Crippen molar-refractivity contribution in [1.82, 2.24) is 5.01 Å². The molecule has 1 rings (SSSR count). The number of nitrogens with one attached hydrogen (secondary N) is 1. The Balaban J connectivity index is 2.86. The first kappa shape index (κ1) is 9.21. The van der Waals surface area contributed by atoms with Gasteiger partial charge in [0.05, 0.1) is 0 Å². The normalized spacial score (nSPS) is 9.31. The molecule has 0 saturated carbocycles. The van der Waals surface area contributed by atoms with E-state index in [4.69, 9.17) is 17.0 Å². The van der Waals surface area contributed by atoms with E-state index in [9.17, 15) is 4.79 Å². The second kappa shape index (κ2) is 3.68. The van der Waals surface area contributed by atoms with Crippen LogP contribution in [0.15, 0.2) is 30.3 Å². The Morgan fingerprint density at radius 2 is 1.85 bits per heavy atom. The molecule has 0 atom stereocenters. The summed E-state index contributed by atoms with van der Waals surface area (Å²) in [6, 6.07) is 8.41. The summed E-state index contributed by atoms with van der Waals surface area (Å²) in [6.45, 7) is 0. The predicted octanol–water partition coefficient (Wildman–Crippen LogP) is -0.104. The average molecular weight is 178 g/mol. The van der Waals surface area contributed by atoms with E-state index in [-0.39, 0.29) is 0 Å². The van der Waals surface area contributed by atoms with Gasteiger partial charge in [-0.05, 0) is 12.1 Å². The van der Waals surface area contributed by atoms with Crippen LogP contribution in [0.5, 0.6) is 0 Å². The van der Waals surface area contributed by atoms with Crippen LogP contribution in [0, 0.1) is 5.41 Å². The van der Waals surface area contributed by atoms with Crippen LogP contribution in [0.25, 0.3) is 0 Å². The van der Waals surface area contributed by atoms with E-state index in [1.807, 2.05) is 0 Å². The number of carbonyl (C=O) groups excluding carboxylic acids is 1. The molecule has 1 amide bonds. The Bertz CT molecular complexity index is 322. The first-order valence-electron chi connectivity index (χ1n) is 3.61. The number of amides is 1. The maximum Gasteiger partial charge on any atom is 0.274 e. The Labute approximate surface area is 75.4 Å². The molecule has 0 bridgehead atoms. The molecule has 0 unspecified atom stereocenters. The summed E-state index contributed by atoms with van der Waals surface area (Å²) in [7, 11) is 0. The first-order valence-corrected chi connectivity index (χ1v) is 3.61. The molecule has 5 N–H and O–H groups in total. The smallest absolute Gasteiger partial charge is 0.274 e. The second-order valence-electron chi connectivity index (χ2n) is 2.43. The highest BCUT2D eigenvalue weighted by atomic mass is 16.2. The van der Waals surface area contributed by atoms with Crippen LogP contribution in [0.4, 0.5) is 0 Å². The van der Waals surface area contributed by atoms with Crippen molar-refractivity contribution in [2.75, 3.05) is 0 Å². The van der Waals surface area contributed by atoms with Crippen LogP contribution in [0.3, 0.4) is 0 Å². The minimum Gasteiger partial charge on any atom is -0.369 e. The standard InChI is InChI=1S/C8H10N4O/c9-8(10)12(11)7(13)6-4-2-1-3-5-6/h1-5H,11H2,(H3,9,10). The summed E-state index contributed by atoms with van der Waals surface area (Å²) in [4.78, 5) is 11.4. The van der Waals surface area contributed by atoms with Crippen LogP contribution in [0.2, 0.25) is 0 Å². The Hall–Kier alpha value is -1.88. The summed E-state index contributed by atoms with van der Waals surface area (Å²) >= 11 is 0. The van der Waals surface area contributed by atoms with Crippen molar-refractivity contribution in [3.8, 4) is 0 Å². The summed E-state index contributed by atoms with van der Waals surface area (Å²) in [6.07, 6.45) is 0. The summed E-state index contributed by atoms with van der Waals surface area (Å²) in [5.41, 5.74) is 5.44. The third-order valence-corrected chi connectivity index (χ3v) is 1.50. The Kier molecular flexibility index (Phi) is 2.61. The van der Waals surface area contributed by atoms with Gasteiger partial charge < -0.3 is 5.73 Å². The predicted molar refractivity (Wildman–Crippen MR) is 48.7 cm³/mol. The number of hydrazine groups is 1. The minimum atomic E-state index is -0.493. The van der Waals surface area contributed by atoms with Gasteiger partial charge in [-0.25, -0.2) is 10.9 Å². The third-order valence-electron chi connectivity index (χ3n) is 1.50. The fourth-order valence-electron chi connectivity index (χ4n) is 0.829. The van der Waals surface area contributed by atoms with Gasteiger partial charge in [-0.1, -0.05) is 18.2 Å². The van der Waals surface area contributed by atoms with Crippen molar-refractivity contribution >= 4 is 11.9 Å². The van der Waals surface area contributed by atoms with Gasteiger partial charge in [0.1, 0.15) is 0 Å². The first-order chi connectivity index (χ1) is 6.13. The van der Waals surface area contributed by atoms with Gasteiger partial charge in [0.25, 0.3) is 5.91 Å². The molecule has 0 radical (unpaired) electrons. The lowest BCUT2D eigenvalue weighted by Crippen LogP contribution is -2.46. The monoisotopic (exact) mass is 178 g/mol. The van der Waals surface area contributed by atoms with E-state index < -0.39 is 11.9 Å². The second-order valence-corrected chi connectivity index (χ2v) is 2.43. The topological polar surface area (TPSA) is 96.2 Å². The quantitative estimate of drug-likeness (QED) is 0.184. The molecule has 1 aromatic carbocycles. The van der Waals surface area contributed by atoms with Gasteiger partial charge in [0.15, 0.2) is 0 Å². The molecule has 5 heteroatoms. The minimum absolute atomic E-state index is 0.403. The zero-order valence-electron chi connectivity index (χ0n) is 6.90. The molecule has 68 valence electrons. The lowest BCUT2D eigenvalue weighted by molar-refractivity contribution is 0.0845. The molecule has 1 aromatic rings. The molecule has 0 aliphatic heterocycles. The fraction of sp³-hybridized carbons (Fsp3) is 0. The highest BCUT2D eigenvalue weighted by Gasteiger charge is 2.13. The van der Waals surface area contributed by atoms with Gasteiger partial charge >= 0.3 is 0 Å². The van der Waals surface area contributed by atoms with Crippen LogP contribution in [-0.2, 0) is 0 Å². The lowest BCUT2D eigenvalue weighted by Gasteiger charge is -2.13. The van der Waals surface area contributed by atoms with Crippen molar-refractivity contribution in [3.05, 3.63) is 35.9 Å². The maximum atomic E-state index is 11.4. The van der Waals surface area contributed by atoms with Gasteiger partial charge in [0, 0.05) is 5.56 Å². The molecule has 13 heavy (non-hydrogen) atoms. The molecule has 0 aliphatic rings. The van der Waals surface area contributed by atoms with E-state index in [1.165, 1.54) is 0 Å². The van der Waals surface area contributed by atoms with Crippen LogP contribution in [0.1, 0.15) is 10.4 Å². The van der Waals surface area contributed by atoms with Crippen molar-refractivity contribution in [1.29, 1.82) is 5.41 Å². The van der Waals surface area contributed by atoms with Gasteiger partial charge in [-0.2, -0.15) is 0 Å². The number of rotatable bonds is 1. The van der Waals surface area contributed by atoms with Crippen molar-refractivity contribution < 1.29 is 4.79 Å². The van der Waals surface area contributed by atoms with Crippen LogP contribution < -0.4 is 11.6 Å².